The average Bonchev–Trinajstić information content (AvgIpc) is 2.18. The summed E-state index contributed by atoms with van der Waals surface area (Å²) in [6.45, 7) is 6.82. The number of aromatic nitrogens is 1. The van der Waals surface area contributed by atoms with E-state index in [4.69, 9.17) is 18.2 Å². The Labute approximate surface area is 84.8 Å². The van der Waals surface area contributed by atoms with E-state index in [9.17, 15) is 4.79 Å². The van der Waals surface area contributed by atoms with Gasteiger partial charge >= 0.3 is 0 Å². The van der Waals surface area contributed by atoms with Crippen LogP contribution < -0.4 is 5.56 Å². The second-order valence-corrected chi connectivity index (χ2v) is 3.15. The summed E-state index contributed by atoms with van der Waals surface area (Å²) in [5, 5.41) is 0.916. The topological polar surface area (TPSA) is 37.2 Å². The molecule has 1 heterocycles. The fraction of sp³-hybridized carbons (Fsp3) is 0. The highest BCUT2D eigenvalue weighted by Crippen LogP contribution is 2.27. The molecule has 68 valence electrons. The third kappa shape index (κ3) is 1.17. The first-order valence-corrected chi connectivity index (χ1v) is 4.30. The van der Waals surface area contributed by atoms with Gasteiger partial charge in [0.05, 0.1) is 11.6 Å². The Morgan fingerprint density at radius 3 is 2.79 bits per heavy atom. The Hall–Kier alpha value is -1.79. The number of H-pyrrole nitrogens is 1. The molecule has 0 atom stereocenters. The molecule has 1 aromatic carbocycles. The number of aromatic amines is 1. The van der Waals surface area contributed by atoms with Gasteiger partial charge in [-0.3, -0.25) is 4.79 Å². The van der Waals surface area contributed by atoms with Crippen LogP contribution in [0, 0.1) is 6.57 Å². The number of benzene rings is 1. The second-order valence-electron chi connectivity index (χ2n) is 2.77. The van der Waals surface area contributed by atoms with E-state index >= 15 is 0 Å². The van der Waals surface area contributed by atoms with E-state index in [0.29, 0.717) is 10.9 Å². The van der Waals surface area contributed by atoms with Crippen molar-refractivity contribution in [2.24, 2.45) is 0 Å². The monoisotopic (exact) mass is 204 g/mol. The number of nitrogens with one attached hydrogen (secondary N) is 1. The van der Waals surface area contributed by atoms with Crippen molar-refractivity contribution in [3.8, 4) is 0 Å². The number of hydrogen-bond donors (Lipinski definition) is 1. The van der Waals surface area contributed by atoms with Crippen LogP contribution in [0.15, 0.2) is 29.1 Å². The van der Waals surface area contributed by atoms with Crippen molar-refractivity contribution in [3.63, 3.8) is 0 Å². The quantitative estimate of drug-likeness (QED) is 0.659. The smallest absolute Gasteiger partial charge is 0.269 e. The molecular formula is C10H5ClN2O. The zero-order valence-corrected chi connectivity index (χ0v) is 7.80. The summed E-state index contributed by atoms with van der Waals surface area (Å²) in [7, 11) is 0. The molecule has 0 aliphatic carbocycles. The van der Waals surface area contributed by atoms with Crippen LogP contribution in [0.2, 0.25) is 5.02 Å². The lowest BCUT2D eigenvalue weighted by Gasteiger charge is -2.00. The van der Waals surface area contributed by atoms with Crippen molar-refractivity contribution in [3.05, 3.63) is 51.1 Å². The average molecular weight is 205 g/mol. The molecule has 0 saturated heterocycles. The molecule has 0 bridgehead atoms. The molecule has 3 nitrogen and oxygen atoms in total. The maximum Gasteiger partial charge on any atom is 0.269 e. The van der Waals surface area contributed by atoms with E-state index in [2.05, 4.69) is 9.83 Å². The lowest BCUT2D eigenvalue weighted by atomic mass is 10.2. The van der Waals surface area contributed by atoms with Crippen LogP contribution in [-0.4, -0.2) is 4.98 Å². The number of rotatable bonds is 0. The minimum absolute atomic E-state index is 0.0506. The molecule has 0 spiro atoms. The normalized spacial score (nSPS) is 10.0. The molecule has 0 unspecified atom stereocenters. The molecule has 1 N–H and O–H groups in total. The summed E-state index contributed by atoms with van der Waals surface area (Å²) in [5.74, 6) is 0. The highest BCUT2D eigenvalue weighted by molar-refractivity contribution is 6.38. The molecule has 0 aliphatic heterocycles. The van der Waals surface area contributed by atoms with Gasteiger partial charge in [-0.2, -0.15) is 0 Å². The maximum absolute atomic E-state index is 11.3. The molecule has 4 heteroatoms. The summed E-state index contributed by atoms with van der Waals surface area (Å²) in [6.07, 6.45) is 0. The van der Waals surface area contributed by atoms with Gasteiger partial charge in [-0.05, 0) is 6.07 Å². The minimum Gasteiger partial charge on any atom is -0.331 e. The lowest BCUT2D eigenvalue weighted by molar-refractivity contribution is 1.32. The summed E-state index contributed by atoms with van der Waals surface area (Å²) in [6, 6.07) is 7.12. The molecule has 0 radical (unpaired) electrons. The van der Waals surface area contributed by atoms with Crippen molar-refractivity contribution in [2.45, 2.75) is 0 Å². The number of pyridine rings is 1. The van der Waals surface area contributed by atoms with Gasteiger partial charge in [0.1, 0.15) is 0 Å². The summed E-state index contributed by atoms with van der Waals surface area (Å²) >= 11 is 5.91. The molecule has 0 saturated carbocycles. The number of hydrogen-bond acceptors (Lipinski definition) is 1. The Morgan fingerprint density at radius 1 is 1.36 bits per heavy atom. The number of halogens is 1. The summed E-state index contributed by atoms with van der Waals surface area (Å²) < 4.78 is 0. The molecule has 14 heavy (non-hydrogen) atoms. The number of nitrogens with zero attached hydrogens (tertiary/aromatic N) is 1. The fourth-order valence-corrected chi connectivity index (χ4v) is 1.58. The first kappa shape index (κ1) is 8.79. The summed E-state index contributed by atoms with van der Waals surface area (Å²) in [4.78, 5) is 17.0. The lowest BCUT2D eigenvalue weighted by Crippen LogP contribution is -2.04. The van der Waals surface area contributed by atoms with Gasteiger partial charge in [-0.15, -0.1) is 0 Å². The van der Waals surface area contributed by atoms with Crippen molar-refractivity contribution in [1.29, 1.82) is 0 Å². The van der Waals surface area contributed by atoms with E-state index in [1.54, 1.807) is 24.3 Å². The molecule has 0 amide bonds. The first-order chi connectivity index (χ1) is 6.74. The van der Waals surface area contributed by atoms with Crippen molar-refractivity contribution in [1.82, 2.24) is 4.98 Å². The van der Waals surface area contributed by atoms with Gasteiger partial charge in [0, 0.05) is 10.9 Å². The van der Waals surface area contributed by atoms with Crippen LogP contribution in [0.1, 0.15) is 0 Å². The highest BCUT2D eigenvalue weighted by atomic mass is 35.5. The minimum atomic E-state index is -0.441. The van der Waals surface area contributed by atoms with Gasteiger partial charge in [0.2, 0.25) is 0 Å². The van der Waals surface area contributed by atoms with Crippen LogP contribution in [-0.2, 0) is 0 Å². The largest absolute Gasteiger partial charge is 0.331 e. The molecule has 0 aliphatic rings. The van der Waals surface area contributed by atoms with Gasteiger partial charge in [0.15, 0.2) is 0 Å². The van der Waals surface area contributed by atoms with E-state index in [1.165, 1.54) is 0 Å². The first-order valence-electron chi connectivity index (χ1n) is 3.92. The van der Waals surface area contributed by atoms with Crippen LogP contribution in [0.3, 0.4) is 0 Å². The van der Waals surface area contributed by atoms with Crippen molar-refractivity contribution in [2.75, 3.05) is 0 Å². The Bertz CT molecular complexity index is 595. The molecule has 2 aromatic rings. The Morgan fingerprint density at radius 2 is 2.07 bits per heavy atom. The zero-order valence-electron chi connectivity index (χ0n) is 7.04. The van der Waals surface area contributed by atoms with Crippen LogP contribution in [0.5, 0.6) is 0 Å². The van der Waals surface area contributed by atoms with Crippen LogP contribution in [0.4, 0.5) is 5.69 Å². The molecule has 2 rings (SSSR count). The van der Waals surface area contributed by atoms with Gasteiger partial charge < -0.3 is 4.98 Å². The molecular weight excluding hydrogens is 200 g/mol. The predicted molar refractivity (Wildman–Crippen MR) is 55.8 cm³/mol. The van der Waals surface area contributed by atoms with Crippen LogP contribution >= 0.6 is 11.6 Å². The van der Waals surface area contributed by atoms with Gasteiger partial charge in [-0.1, -0.05) is 29.8 Å². The molecule has 1 aromatic heterocycles. The van der Waals surface area contributed by atoms with Gasteiger partial charge in [0.25, 0.3) is 11.2 Å². The Balaban J connectivity index is 3.02. The van der Waals surface area contributed by atoms with E-state index < -0.39 is 5.56 Å². The summed E-state index contributed by atoms with van der Waals surface area (Å²) in [5.41, 5.74) is 0.156. The van der Waals surface area contributed by atoms with Gasteiger partial charge in [-0.25, -0.2) is 4.85 Å². The van der Waals surface area contributed by atoms with E-state index in [-0.39, 0.29) is 10.7 Å². The third-order valence-electron chi connectivity index (χ3n) is 1.95. The fourth-order valence-electron chi connectivity index (χ4n) is 1.29. The number of para-hydroxylation sites is 1. The van der Waals surface area contributed by atoms with E-state index in [0.717, 1.165) is 0 Å². The van der Waals surface area contributed by atoms with Crippen molar-refractivity contribution < 1.29 is 0 Å². The molecule has 0 fully saturated rings. The Kier molecular flexibility index (Phi) is 1.99. The SMILES string of the molecule is [C-]#[N+]c1c(Cl)c2ccccc2[nH]c1=O. The highest BCUT2D eigenvalue weighted by Gasteiger charge is 2.09. The maximum atomic E-state index is 11.3. The third-order valence-corrected chi connectivity index (χ3v) is 2.33. The number of fused-ring (bicyclic) bond motifs is 1. The van der Waals surface area contributed by atoms with E-state index in [1.807, 2.05) is 0 Å². The zero-order chi connectivity index (χ0) is 10.1. The van der Waals surface area contributed by atoms with Crippen LogP contribution in [0.25, 0.3) is 15.7 Å². The van der Waals surface area contributed by atoms with Crippen molar-refractivity contribution >= 4 is 28.2 Å². The predicted octanol–water partition coefficient (Wildman–Crippen LogP) is 2.73. The standard InChI is InChI=1S/C10H5ClN2O/c1-12-9-8(11)6-4-2-3-5-7(6)13-10(9)14/h2-5H,(H,13,14). The second kappa shape index (κ2) is 3.17.